The van der Waals surface area contributed by atoms with Gasteiger partial charge < -0.3 is 15.0 Å². The topological polar surface area (TPSA) is 89.3 Å². The van der Waals surface area contributed by atoms with Crippen molar-refractivity contribution >= 4 is 39.2 Å². The van der Waals surface area contributed by atoms with Gasteiger partial charge in [-0.05, 0) is 30.2 Å². The van der Waals surface area contributed by atoms with Gasteiger partial charge in [-0.1, -0.05) is 47.7 Å². The first-order chi connectivity index (χ1) is 16.1. The first-order valence-corrected chi connectivity index (χ1v) is 11.6. The van der Waals surface area contributed by atoms with E-state index in [0.717, 1.165) is 27.0 Å². The molecule has 3 heterocycles. The Bertz CT molecular complexity index is 1310. The molecule has 0 bridgehead atoms. The third-order valence-electron chi connectivity index (χ3n) is 5.66. The largest absolute Gasteiger partial charge is 0.378 e. The second-order valence-corrected chi connectivity index (χ2v) is 8.84. The number of morpholine rings is 1. The minimum absolute atomic E-state index is 0.00329. The quantitative estimate of drug-likeness (QED) is 0.491. The Kier molecular flexibility index (Phi) is 5.89. The number of hydrogen-bond donors (Lipinski definition) is 1. The average Bonchev–Trinajstić information content (AvgIpc) is 3.40. The summed E-state index contributed by atoms with van der Waals surface area (Å²) in [4.78, 5) is 29.2. The maximum absolute atomic E-state index is 13.5. The normalized spacial score (nSPS) is 13.9. The summed E-state index contributed by atoms with van der Waals surface area (Å²) in [5.74, 6) is -0.349. The first-order valence-electron chi connectivity index (χ1n) is 10.8. The van der Waals surface area contributed by atoms with Gasteiger partial charge in [0.2, 0.25) is 5.91 Å². The van der Waals surface area contributed by atoms with Crippen LogP contribution >= 0.6 is 11.3 Å². The zero-order chi connectivity index (χ0) is 22.8. The van der Waals surface area contributed by atoms with Crippen LogP contribution in [0.3, 0.4) is 0 Å². The summed E-state index contributed by atoms with van der Waals surface area (Å²) in [5.41, 5.74) is 3.93. The van der Waals surface area contributed by atoms with E-state index in [2.05, 4.69) is 15.6 Å². The second-order valence-electron chi connectivity index (χ2n) is 7.81. The zero-order valence-corrected chi connectivity index (χ0v) is 19.0. The van der Waals surface area contributed by atoms with E-state index in [9.17, 15) is 9.59 Å². The molecule has 8 nitrogen and oxygen atoms in total. The molecule has 1 N–H and O–H groups in total. The van der Waals surface area contributed by atoms with Crippen molar-refractivity contribution in [2.24, 2.45) is 0 Å². The molecule has 2 aromatic heterocycles. The monoisotopic (exact) mass is 461 g/mol. The Morgan fingerprint density at radius 1 is 1.06 bits per heavy atom. The average molecular weight is 462 g/mol. The molecule has 0 spiro atoms. The molecular formula is C24H23N5O3S. The molecule has 5 rings (SSSR count). The van der Waals surface area contributed by atoms with E-state index in [4.69, 9.17) is 4.74 Å². The number of thiophene rings is 1. The van der Waals surface area contributed by atoms with Crippen LogP contribution in [0.4, 0.5) is 5.00 Å². The molecule has 1 aliphatic heterocycles. The highest BCUT2D eigenvalue weighted by molar-refractivity contribution is 7.20. The van der Waals surface area contributed by atoms with Crippen molar-refractivity contribution in [1.82, 2.24) is 19.9 Å². The van der Waals surface area contributed by atoms with Crippen molar-refractivity contribution in [3.63, 3.8) is 0 Å². The van der Waals surface area contributed by atoms with Crippen molar-refractivity contribution in [2.75, 3.05) is 31.6 Å². The lowest BCUT2D eigenvalue weighted by molar-refractivity contribution is -0.116. The summed E-state index contributed by atoms with van der Waals surface area (Å²) in [5, 5.41) is 11.7. The summed E-state index contributed by atoms with van der Waals surface area (Å²) in [7, 11) is 0. The highest BCUT2D eigenvalue weighted by Gasteiger charge is 2.28. The number of carbonyl (C=O) groups is 2. The number of carbonyl (C=O) groups excluding carboxylic acids is 2. The highest BCUT2D eigenvalue weighted by Crippen LogP contribution is 2.40. The van der Waals surface area contributed by atoms with Gasteiger partial charge in [0.05, 0.1) is 24.3 Å². The molecule has 33 heavy (non-hydrogen) atoms. The number of fused-ring (bicyclic) bond motifs is 1. The SMILES string of the molecule is Cc1c(-c2ccccc2)sc(NC(=O)Cn2nnc3ccccc32)c1C(=O)N1CCOCC1. The van der Waals surface area contributed by atoms with E-state index >= 15 is 0 Å². The van der Waals surface area contributed by atoms with Gasteiger partial charge in [-0.3, -0.25) is 9.59 Å². The molecular weight excluding hydrogens is 438 g/mol. The Balaban J connectivity index is 1.47. The summed E-state index contributed by atoms with van der Waals surface area (Å²) >= 11 is 1.42. The van der Waals surface area contributed by atoms with Crippen molar-refractivity contribution < 1.29 is 14.3 Å². The molecule has 2 aromatic carbocycles. The summed E-state index contributed by atoms with van der Waals surface area (Å²) in [6, 6.07) is 17.4. The molecule has 1 aliphatic rings. The van der Waals surface area contributed by atoms with Gasteiger partial charge in [-0.2, -0.15) is 0 Å². The lowest BCUT2D eigenvalue weighted by atomic mass is 10.1. The predicted octanol–water partition coefficient (Wildman–Crippen LogP) is 3.58. The fraction of sp³-hybridized carbons (Fsp3) is 0.250. The number of amides is 2. The van der Waals surface area contributed by atoms with Gasteiger partial charge in [-0.25, -0.2) is 4.68 Å². The van der Waals surface area contributed by atoms with Crippen molar-refractivity contribution in [3.05, 3.63) is 65.7 Å². The standard InChI is InChI=1S/C24H23N5O3S/c1-16-21(24(31)28-11-13-32-14-12-28)23(33-22(16)17-7-3-2-4-8-17)25-20(30)15-29-19-10-6-5-9-18(19)26-27-29/h2-10H,11-15H2,1H3,(H,25,30). The second kappa shape index (κ2) is 9.13. The summed E-state index contributed by atoms with van der Waals surface area (Å²) in [6.45, 7) is 4.04. The number of nitrogens with one attached hydrogen (secondary N) is 1. The number of ether oxygens (including phenoxy) is 1. The predicted molar refractivity (Wildman–Crippen MR) is 127 cm³/mol. The van der Waals surface area contributed by atoms with E-state index < -0.39 is 0 Å². The fourth-order valence-electron chi connectivity index (χ4n) is 3.98. The molecule has 0 saturated carbocycles. The zero-order valence-electron chi connectivity index (χ0n) is 18.2. The Morgan fingerprint density at radius 2 is 1.79 bits per heavy atom. The summed E-state index contributed by atoms with van der Waals surface area (Å²) in [6.07, 6.45) is 0. The number of nitrogens with zero attached hydrogens (tertiary/aromatic N) is 4. The fourth-order valence-corrected chi connectivity index (χ4v) is 5.21. The number of para-hydroxylation sites is 1. The molecule has 9 heteroatoms. The third kappa shape index (κ3) is 4.24. The molecule has 0 aliphatic carbocycles. The molecule has 1 fully saturated rings. The number of hydrogen-bond acceptors (Lipinski definition) is 6. The van der Waals surface area contributed by atoms with Crippen LogP contribution < -0.4 is 5.32 Å². The van der Waals surface area contributed by atoms with Crippen molar-refractivity contribution in [3.8, 4) is 10.4 Å². The Morgan fingerprint density at radius 3 is 2.58 bits per heavy atom. The van der Waals surface area contributed by atoms with Crippen LogP contribution in [-0.4, -0.2) is 58.0 Å². The van der Waals surface area contributed by atoms with E-state index in [1.165, 1.54) is 11.3 Å². The lowest BCUT2D eigenvalue weighted by Crippen LogP contribution is -2.41. The van der Waals surface area contributed by atoms with Gasteiger partial charge in [0.15, 0.2) is 0 Å². The van der Waals surface area contributed by atoms with Gasteiger partial charge in [0.25, 0.3) is 5.91 Å². The molecule has 0 atom stereocenters. The smallest absolute Gasteiger partial charge is 0.257 e. The van der Waals surface area contributed by atoms with E-state index in [1.54, 1.807) is 9.58 Å². The van der Waals surface area contributed by atoms with E-state index in [-0.39, 0.29) is 18.4 Å². The molecule has 2 amide bonds. The molecule has 0 radical (unpaired) electrons. The first kappa shape index (κ1) is 21.3. The van der Waals surface area contributed by atoms with Crippen LogP contribution in [0.1, 0.15) is 15.9 Å². The number of aromatic nitrogens is 3. The lowest BCUT2D eigenvalue weighted by Gasteiger charge is -2.27. The van der Waals surface area contributed by atoms with Crippen LogP contribution in [0.25, 0.3) is 21.5 Å². The maximum atomic E-state index is 13.5. The van der Waals surface area contributed by atoms with Crippen LogP contribution in [-0.2, 0) is 16.1 Å². The van der Waals surface area contributed by atoms with E-state index in [1.807, 2.05) is 61.5 Å². The van der Waals surface area contributed by atoms with Gasteiger partial charge in [0, 0.05) is 18.0 Å². The van der Waals surface area contributed by atoms with Crippen LogP contribution in [0.2, 0.25) is 0 Å². The number of rotatable bonds is 5. The van der Waals surface area contributed by atoms with Crippen molar-refractivity contribution in [1.29, 1.82) is 0 Å². The van der Waals surface area contributed by atoms with Gasteiger partial charge in [-0.15, -0.1) is 16.4 Å². The minimum Gasteiger partial charge on any atom is -0.378 e. The van der Waals surface area contributed by atoms with Crippen LogP contribution in [0, 0.1) is 6.92 Å². The van der Waals surface area contributed by atoms with Crippen LogP contribution in [0.15, 0.2) is 54.6 Å². The van der Waals surface area contributed by atoms with Gasteiger partial charge in [0.1, 0.15) is 17.1 Å². The van der Waals surface area contributed by atoms with Crippen LogP contribution in [0.5, 0.6) is 0 Å². The Labute approximate surface area is 194 Å². The number of benzene rings is 2. The molecule has 0 unspecified atom stereocenters. The molecule has 4 aromatic rings. The minimum atomic E-state index is -0.262. The number of anilines is 1. The van der Waals surface area contributed by atoms with Gasteiger partial charge >= 0.3 is 0 Å². The third-order valence-corrected chi connectivity index (χ3v) is 6.92. The molecule has 1 saturated heterocycles. The molecule has 168 valence electrons. The maximum Gasteiger partial charge on any atom is 0.257 e. The highest BCUT2D eigenvalue weighted by atomic mass is 32.1. The van der Waals surface area contributed by atoms with Crippen molar-refractivity contribution in [2.45, 2.75) is 13.5 Å². The summed E-state index contributed by atoms with van der Waals surface area (Å²) < 4.78 is 6.96. The Hall–Kier alpha value is -3.56. The van der Waals surface area contributed by atoms with E-state index in [0.29, 0.717) is 36.9 Å².